The van der Waals surface area contributed by atoms with E-state index in [1.165, 1.54) is 16.2 Å². The smallest absolute Gasteiger partial charge is 0.270 e. The van der Waals surface area contributed by atoms with Crippen molar-refractivity contribution in [3.8, 4) is 5.75 Å². The van der Waals surface area contributed by atoms with Crippen molar-refractivity contribution in [2.75, 3.05) is 13.2 Å². The Hall–Kier alpha value is -3.15. The molecule has 1 amide bonds. The number of pyridine rings is 1. The summed E-state index contributed by atoms with van der Waals surface area (Å²) in [6, 6.07) is 11.5. The van der Waals surface area contributed by atoms with Gasteiger partial charge in [-0.05, 0) is 48.2 Å². The SMILES string of the molecule is Cc1ccn2c(=O)c(C(=O)NCCOc3ccc(C(C)C)cc3)cnc2c1. The summed E-state index contributed by atoms with van der Waals surface area (Å²) in [5, 5.41) is 2.70. The van der Waals surface area contributed by atoms with Crippen LogP contribution in [0.2, 0.25) is 0 Å². The van der Waals surface area contributed by atoms with Gasteiger partial charge in [0.1, 0.15) is 23.6 Å². The number of nitrogens with one attached hydrogen (secondary N) is 1. The Morgan fingerprint density at radius 3 is 2.67 bits per heavy atom. The molecule has 1 aromatic carbocycles. The molecule has 140 valence electrons. The average molecular weight is 365 g/mol. The van der Waals surface area contributed by atoms with Crippen molar-refractivity contribution < 1.29 is 9.53 Å². The summed E-state index contributed by atoms with van der Waals surface area (Å²) in [7, 11) is 0. The zero-order chi connectivity index (χ0) is 19.4. The van der Waals surface area contributed by atoms with E-state index in [9.17, 15) is 9.59 Å². The van der Waals surface area contributed by atoms with Gasteiger partial charge in [-0.1, -0.05) is 26.0 Å². The number of hydrogen-bond acceptors (Lipinski definition) is 4. The number of ether oxygens (including phenoxy) is 1. The molecule has 0 atom stereocenters. The Kier molecular flexibility index (Phi) is 5.54. The van der Waals surface area contributed by atoms with Gasteiger partial charge in [0.2, 0.25) is 0 Å². The van der Waals surface area contributed by atoms with E-state index < -0.39 is 5.91 Å². The van der Waals surface area contributed by atoms with E-state index in [2.05, 4.69) is 24.1 Å². The van der Waals surface area contributed by atoms with Gasteiger partial charge < -0.3 is 10.1 Å². The van der Waals surface area contributed by atoms with Gasteiger partial charge in [0.25, 0.3) is 11.5 Å². The molecule has 1 N–H and O–H groups in total. The molecule has 0 fully saturated rings. The molecule has 0 bridgehead atoms. The van der Waals surface area contributed by atoms with Crippen LogP contribution in [0.15, 0.2) is 53.6 Å². The number of nitrogens with zero attached hydrogens (tertiary/aromatic N) is 2. The molecule has 0 saturated carbocycles. The number of carbonyl (C=O) groups is 1. The number of aromatic nitrogens is 2. The van der Waals surface area contributed by atoms with E-state index in [4.69, 9.17) is 4.74 Å². The third kappa shape index (κ3) is 4.34. The van der Waals surface area contributed by atoms with Crippen molar-refractivity contribution in [2.24, 2.45) is 0 Å². The highest BCUT2D eigenvalue weighted by atomic mass is 16.5. The fraction of sp³-hybridized carbons (Fsp3) is 0.286. The average Bonchev–Trinajstić information content (AvgIpc) is 2.65. The van der Waals surface area contributed by atoms with Gasteiger partial charge in [-0.25, -0.2) is 4.98 Å². The maximum atomic E-state index is 12.5. The van der Waals surface area contributed by atoms with Crippen LogP contribution in [0.3, 0.4) is 0 Å². The van der Waals surface area contributed by atoms with Crippen LogP contribution in [0.5, 0.6) is 5.75 Å². The lowest BCUT2D eigenvalue weighted by Crippen LogP contribution is -2.33. The van der Waals surface area contributed by atoms with Gasteiger partial charge in [0.05, 0.1) is 6.54 Å². The molecule has 0 aliphatic heterocycles. The first-order valence-corrected chi connectivity index (χ1v) is 8.94. The molecule has 0 saturated heterocycles. The van der Waals surface area contributed by atoms with Crippen LogP contribution in [0.4, 0.5) is 0 Å². The highest BCUT2D eigenvalue weighted by molar-refractivity contribution is 5.93. The van der Waals surface area contributed by atoms with Crippen LogP contribution < -0.4 is 15.6 Å². The molecule has 0 spiro atoms. The minimum absolute atomic E-state index is 0.0117. The predicted molar refractivity (Wildman–Crippen MR) is 105 cm³/mol. The lowest BCUT2D eigenvalue weighted by molar-refractivity contribution is 0.0945. The number of amides is 1. The first-order chi connectivity index (χ1) is 13.0. The summed E-state index contributed by atoms with van der Waals surface area (Å²) >= 11 is 0. The van der Waals surface area contributed by atoms with Crippen molar-refractivity contribution in [1.82, 2.24) is 14.7 Å². The molecular weight excluding hydrogens is 342 g/mol. The molecular formula is C21H23N3O3. The summed E-state index contributed by atoms with van der Waals surface area (Å²) < 4.78 is 7.00. The van der Waals surface area contributed by atoms with E-state index in [-0.39, 0.29) is 11.1 Å². The third-order valence-corrected chi connectivity index (χ3v) is 4.31. The summed E-state index contributed by atoms with van der Waals surface area (Å²) in [6.45, 7) is 6.80. The van der Waals surface area contributed by atoms with E-state index in [1.54, 1.807) is 18.3 Å². The second-order valence-corrected chi connectivity index (χ2v) is 6.74. The van der Waals surface area contributed by atoms with Crippen LogP contribution in [0, 0.1) is 6.92 Å². The number of benzene rings is 1. The number of hydrogen-bond donors (Lipinski definition) is 1. The number of aryl methyl sites for hydroxylation is 1. The topological polar surface area (TPSA) is 72.7 Å². The predicted octanol–water partition coefficient (Wildman–Crippen LogP) is 2.94. The molecule has 2 aromatic heterocycles. The lowest BCUT2D eigenvalue weighted by atomic mass is 10.0. The van der Waals surface area contributed by atoms with Gasteiger partial charge >= 0.3 is 0 Å². The van der Waals surface area contributed by atoms with Crippen LogP contribution in [-0.2, 0) is 0 Å². The van der Waals surface area contributed by atoms with Gasteiger partial charge in [0, 0.05) is 12.4 Å². The molecule has 3 aromatic rings. The summed E-state index contributed by atoms with van der Waals surface area (Å²) in [4.78, 5) is 28.9. The zero-order valence-electron chi connectivity index (χ0n) is 15.7. The normalized spacial score (nSPS) is 11.0. The summed E-state index contributed by atoms with van der Waals surface area (Å²) in [6.07, 6.45) is 2.94. The van der Waals surface area contributed by atoms with E-state index in [1.807, 2.05) is 31.2 Å². The lowest BCUT2D eigenvalue weighted by Gasteiger charge is -2.10. The van der Waals surface area contributed by atoms with E-state index in [0.717, 1.165) is 11.3 Å². The quantitative estimate of drug-likeness (QED) is 0.682. The van der Waals surface area contributed by atoms with Crippen molar-refractivity contribution in [3.05, 3.63) is 75.8 Å². The Bertz CT molecular complexity index is 1010. The third-order valence-electron chi connectivity index (χ3n) is 4.31. The largest absolute Gasteiger partial charge is 0.492 e. The molecule has 6 nitrogen and oxygen atoms in total. The van der Waals surface area contributed by atoms with E-state index in [0.29, 0.717) is 24.7 Å². The summed E-state index contributed by atoms with van der Waals surface area (Å²) in [5.41, 5.74) is 2.39. The Labute approximate surface area is 157 Å². The van der Waals surface area contributed by atoms with Gasteiger partial charge in [-0.3, -0.25) is 14.0 Å². The van der Waals surface area contributed by atoms with Crippen molar-refractivity contribution >= 4 is 11.6 Å². The van der Waals surface area contributed by atoms with E-state index >= 15 is 0 Å². The highest BCUT2D eigenvalue weighted by Gasteiger charge is 2.13. The standard InChI is InChI=1S/C21H23N3O3/c1-14(2)16-4-6-17(7-5-16)27-11-9-22-20(25)18-13-23-19-12-15(3)8-10-24(19)21(18)26/h4-8,10,12-14H,9,11H2,1-3H3,(H,22,25). The van der Waals surface area contributed by atoms with Crippen LogP contribution in [0.1, 0.15) is 41.3 Å². The molecule has 0 aliphatic carbocycles. The summed E-state index contributed by atoms with van der Waals surface area (Å²) in [5.74, 6) is 0.759. The molecule has 3 rings (SSSR count). The van der Waals surface area contributed by atoms with Gasteiger partial charge in [-0.2, -0.15) is 0 Å². The van der Waals surface area contributed by atoms with Crippen molar-refractivity contribution in [3.63, 3.8) is 0 Å². The monoisotopic (exact) mass is 365 g/mol. The molecule has 6 heteroatoms. The maximum Gasteiger partial charge on any atom is 0.270 e. The first kappa shape index (κ1) is 18.6. The maximum absolute atomic E-state index is 12.5. The second-order valence-electron chi connectivity index (χ2n) is 6.74. The highest BCUT2D eigenvalue weighted by Crippen LogP contribution is 2.18. The second kappa shape index (κ2) is 8.03. The molecule has 27 heavy (non-hydrogen) atoms. The number of rotatable bonds is 6. The van der Waals surface area contributed by atoms with Crippen LogP contribution >= 0.6 is 0 Å². The van der Waals surface area contributed by atoms with Crippen molar-refractivity contribution in [2.45, 2.75) is 26.7 Å². The van der Waals surface area contributed by atoms with Crippen molar-refractivity contribution in [1.29, 1.82) is 0 Å². The number of fused-ring (bicyclic) bond motifs is 1. The van der Waals surface area contributed by atoms with Gasteiger partial charge in [-0.15, -0.1) is 0 Å². The van der Waals surface area contributed by atoms with Crippen LogP contribution in [0.25, 0.3) is 5.65 Å². The molecule has 0 unspecified atom stereocenters. The Balaban J connectivity index is 1.58. The van der Waals surface area contributed by atoms with Crippen LogP contribution in [-0.4, -0.2) is 28.4 Å². The minimum atomic E-state index is -0.457. The first-order valence-electron chi connectivity index (χ1n) is 8.94. The molecule has 0 aliphatic rings. The zero-order valence-corrected chi connectivity index (χ0v) is 15.7. The Morgan fingerprint density at radius 1 is 1.22 bits per heavy atom. The minimum Gasteiger partial charge on any atom is -0.492 e. The Morgan fingerprint density at radius 2 is 1.96 bits per heavy atom. The molecule has 0 radical (unpaired) electrons. The fourth-order valence-corrected chi connectivity index (χ4v) is 2.71. The fourth-order valence-electron chi connectivity index (χ4n) is 2.71. The number of carbonyl (C=O) groups excluding carboxylic acids is 1. The van der Waals surface area contributed by atoms with Gasteiger partial charge in [0.15, 0.2) is 0 Å². The molecule has 2 heterocycles.